The van der Waals surface area contributed by atoms with Gasteiger partial charge in [0.1, 0.15) is 0 Å². The second kappa shape index (κ2) is 5.23. The van der Waals surface area contributed by atoms with Crippen LogP contribution in [0, 0.1) is 0 Å². The quantitative estimate of drug-likeness (QED) is 0.786. The molecule has 0 spiro atoms. The predicted octanol–water partition coefficient (Wildman–Crippen LogP) is 2.86. The number of hydrogen-bond donors (Lipinski definition) is 1. The number of amides is 1. The molecule has 1 heterocycles. The molecule has 3 nitrogen and oxygen atoms in total. The van der Waals surface area contributed by atoms with E-state index in [2.05, 4.69) is 5.43 Å². The van der Waals surface area contributed by atoms with Crippen LogP contribution in [0.2, 0.25) is 0 Å². The van der Waals surface area contributed by atoms with E-state index in [0.29, 0.717) is 5.03 Å². The summed E-state index contributed by atoms with van der Waals surface area (Å²) in [4.78, 5) is 11.4. The second-order valence-corrected chi connectivity index (χ2v) is 3.93. The third kappa shape index (κ3) is 2.49. The zero-order valence-corrected chi connectivity index (χ0v) is 9.16. The van der Waals surface area contributed by atoms with Crippen LogP contribution >= 0.6 is 23.2 Å². The van der Waals surface area contributed by atoms with Crippen molar-refractivity contribution in [3.8, 4) is 0 Å². The number of carbonyl (C=O) groups excluding carboxylic acids is 1. The smallest absolute Gasteiger partial charge is 0.262 e. The number of hydrogen-bond acceptors (Lipinski definition) is 2. The molecular formula is C11H12Cl2N2O. The fourth-order valence-electron chi connectivity index (χ4n) is 1.25. The Morgan fingerprint density at radius 3 is 2.44 bits per heavy atom. The third-order valence-corrected chi connectivity index (χ3v) is 2.85. The van der Waals surface area contributed by atoms with E-state index in [1.165, 1.54) is 0 Å². The Morgan fingerprint density at radius 1 is 1.25 bits per heavy atom. The number of halogens is 2. The summed E-state index contributed by atoms with van der Waals surface area (Å²) in [6, 6.07) is 9.35. The lowest BCUT2D eigenvalue weighted by Crippen LogP contribution is -2.46. The SMILES string of the molecule is C.O=C1NN(c2ccccc2)C=C(Cl)C1Cl. The third-order valence-electron chi connectivity index (χ3n) is 1.99. The van der Waals surface area contributed by atoms with E-state index in [-0.39, 0.29) is 13.3 Å². The van der Waals surface area contributed by atoms with Gasteiger partial charge in [-0.3, -0.25) is 15.2 Å². The molecule has 0 saturated carbocycles. The summed E-state index contributed by atoms with van der Waals surface area (Å²) in [6.07, 6.45) is 1.59. The Morgan fingerprint density at radius 2 is 1.88 bits per heavy atom. The van der Waals surface area contributed by atoms with E-state index in [1.807, 2.05) is 30.3 Å². The van der Waals surface area contributed by atoms with Gasteiger partial charge < -0.3 is 0 Å². The highest BCUT2D eigenvalue weighted by Gasteiger charge is 2.26. The standard InChI is InChI=1S/C10H8Cl2N2O.CH4/c11-8-6-14(13-10(15)9(8)12)7-4-2-1-3-5-7;/h1-6,9H,(H,13,15);1H4. The molecule has 2 rings (SSSR count). The normalized spacial score (nSPS) is 19.6. The van der Waals surface area contributed by atoms with E-state index >= 15 is 0 Å². The lowest BCUT2D eigenvalue weighted by molar-refractivity contribution is -0.120. The lowest BCUT2D eigenvalue weighted by atomic mass is 10.3. The average Bonchev–Trinajstić information content (AvgIpc) is 2.26. The van der Waals surface area contributed by atoms with Gasteiger partial charge >= 0.3 is 0 Å². The predicted molar refractivity (Wildman–Crippen MR) is 67.4 cm³/mol. The van der Waals surface area contributed by atoms with Crippen molar-refractivity contribution in [2.45, 2.75) is 12.8 Å². The number of alkyl halides is 1. The van der Waals surface area contributed by atoms with E-state index in [9.17, 15) is 4.79 Å². The molecule has 1 unspecified atom stereocenters. The van der Waals surface area contributed by atoms with Gasteiger partial charge in [-0.15, -0.1) is 11.6 Å². The number of nitrogens with zero attached hydrogens (tertiary/aromatic N) is 1. The van der Waals surface area contributed by atoms with Crippen molar-refractivity contribution in [2.24, 2.45) is 0 Å². The Labute approximate surface area is 105 Å². The molecule has 0 bridgehead atoms. The summed E-state index contributed by atoms with van der Waals surface area (Å²) in [5, 5.41) is 1.06. The zero-order valence-electron chi connectivity index (χ0n) is 7.65. The van der Waals surface area contributed by atoms with Gasteiger partial charge in [-0.25, -0.2) is 0 Å². The fraction of sp³-hybridized carbons (Fsp3) is 0.182. The number of carbonyl (C=O) groups is 1. The molecule has 1 aromatic carbocycles. The molecule has 0 fully saturated rings. The fourth-order valence-corrected chi connectivity index (χ4v) is 1.55. The van der Waals surface area contributed by atoms with E-state index in [1.54, 1.807) is 11.2 Å². The first-order chi connectivity index (χ1) is 7.18. The molecule has 1 aromatic rings. The van der Waals surface area contributed by atoms with Gasteiger partial charge in [0, 0.05) is 6.20 Å². The van der Waals surface area contributed by atoms with Crippen LogP contribution < -0.4 is 10.4 Å². The topological polar surface area (TPSA) is 32.3 Å². The van der Waals surface area contributed by atoms with Crippen molar-refractivity contribution in [3.05, 3.63) is 41.6 Å². The maximum absolute atomic E-state index is 11.4. The molecule has 1 atom stereocenters. The number of para-hydroxylation sites is 1. The van der Waals surface area contributed by atoms with Gasteiger partial charge in [-0.05, 0) is 12.1 Å². The molecule has 1 N–H and O–H groups in total. The lowest BCUT2D eigenvalue weighted by Gasteiger charge is -2.27. The average molecular weight is 259 g/mol. The van der Waals surface area contributed by atoms with Crippen molar-refractivity contribution < 1.29 is 4.79 Å². The van der Waals surface area contributed by atoms with Crippen molar-refractivity contribution in [3.63, 3.8) is 0 Å². The summed E-state index contributed by atoms with van der Waals surface area (Å²) in [5.74, 6) is -0.326. The number of rotatable bonds is 1. The summed E-state index contributed by atoms with van der Waals surface area (Å²) >= 11 is 11.6. The molecule has 0 saturated heterocycles. The Kier molecular flexibility index (Phi) is 4.21. The highest BCUT2D eigenvalue weighted by Crippen LogP contribution is 2.22. The molecule has 0 aromatic heterocycles. The first-order valence-electron chi connectivity index (χ1n) is 4.34. The summed E-state index contributed by atoms with van der Waals surface area (Å²) < 4.78 is 0. The Balaban J connectivity index is 0.00000128. The van der Waals surface area contributed by atoms with Crippen LogP contribution in [0.4, 0.5) is 5.69 Å². The second-order valence-electron chi connectivity index (χ2n) is 3.06. The summed E-state index contributed by atoms with van der Waals surface area (Å²) in [7, 11) is 0. The maximum atomic E-state index is 11.4. The van der Waals surface area contributed by atoms with Crippen LogP contribution in [0.15, 0.2) is 41.6 Å². The van der Waals surface area contributed by atoms with Crippen LogP contribution in [0.1, 0.15) is 7.43 Å². The molecule has 0 radical (unpaired) electrons. The van der Waals surface area contributed by atoms with Gasteiger partial charge in [0.15, 0.2) is 5.38 Å². The first-order valence-corrected chi connectivity index (χ1v) is 5.16. The van der Waals surface area contributed by atoms with E-state index < -0.39 is 5.38 Å². The molecule has 1 amide bonds. The minimum atomic E-state index is -0.799. The highest BCUT2D eigenvalue weighted by molar-refractivity contribution is 6.43. The monoisotopic (exact) mass is 258 g/mol. The summed E-state index contributed by atoms with van der Waals surface area (Å²) in [5.41, 5.74) is 3.44. The van der Waals surface area contributed by atoms with Gasteiger partial charge in [0.2, 0.25) is 0 Å². The number of nitrogens with one attached hydrogen (secondary N) is 1. The molecule has 1 aliphatic heterocycles. The molecule has 16 heavy (non-hydrogen) atoms. The minimum Gasteiger partial charge on any atom is -0.271 e. The minimum absolute atomic E-state index is 0. The van der Waals surface area contributed by atoms with Crippen molar-refractivity contribution in [1.29, 1.82) is 0 Å². The highest BCUT2D eigenvalue weighted by atomic mass is 35.5. The molecule has 86 valence electrons. The maximum Gasteiger partial charge on any atom is 0.262 e. The largest absolute Gasteiger partial charge is 0.271 e. The molecule has 1 aliphatic rings. The first kappa shape index (κ1) is 12.9. The zero-order chi connectivity index (χ0) is 10.8. The van der Waals surface area contributed by atoms with Gasteiger partial charge in [0.25, 0.3) is 5.91 Å². The van der Waals surface area contributed by atoms with Gasteiger partial charge in [0.05, 0.1) is 10.7 Å². The van der Waals surface area contributed by atoms with E-state index in [4.69, 9.17) is 23.2 Å². The van der Waals surface area contributed by atoms with Crippen molar-refractivity contribution in [2.75, 3.05) is 5.01 Å². The summed E-state index contributed by atoms with van der Waals surface area (Å²) in [6.45, 7) is 0. The molecule has 0 aliphatic carbocycles. The Hall–Kier alpha value is -1.19. The van der Waals surface area contributed by atoms with Crippen LogP contribution in [-0.2, 0) is 4.79 Å². The van der Waals surface area contributed by atoms with Crippen LogP contribution in [0.25, 0.3) is 0 Å². The Bertz CT molecular complexity index is 406. The van der Waals surface area contributed by atoms with Gasteiger partial charge in [-0.1, -0.05) is 37.2 Å². The number of benzene rings is 1. The molecular weight excluding hydrogens is 247 g/mol. The van der Waals surface area contributed by atoms with Crippen LogP contribution in [-0.4, -0.2) is 11.3 Å². The van der Waals surface area contributed by atoms with Gasteiger partial charge in [-0.2, -0.15) is 0 Å². The van der Waals surface area contributed by atoms with Crippen molar-refractivity contribution >= 4 is 34.8 Å². The number of anilines is 1. The number of hydrazine groups is 1. The van der Waals surface area contributed by atoms with Crippen LogP contribution in [0.3, 0.4) is 0 Å². The van der Waals surface area contributed by atoms with E-state index in [0.717, 1.165) is 5.69 Å². The molecule has 5 heteroatoms. The van der Waals surface area contributed by atoms with Crippen LogP contribution in [0.5, 0.6) is 0 Å². The van der Waals surface area contributed by atoms with Crippen molar-refractivity contribution in [1.82, 2.24) is 5.43 Å².